The Bertz CT molecular complexity index is 417. The molecule has 0 saturated carbocycles. The van der Waals surface area contributed by atoms with Gasteiger partial charge in [-0.2, -0.15) is 0 Å². The van der Waals surface area contributed by atoms with Gasteiger partial charge in [0.1, 0.15) is 5.01 Å². The van der Waals surface area contributed by atoms with Gasteiger partial charge in [0.05, 0.1) is 4.88 Å². The highest BCUT2D eigenvalue weighted by molar-refractivity contribution is 7.21. The first-order valence-electron chi connectivity index (χ1n) is 4.45. The molecule has 14 heavy (non-hydrogen) atoms. The minimum absolute atomic E-state index is 0.905. The van der Waals surface area contributed by atoms with Crippen LogP contribution in [-0.2, 0) is 6.54 Å². The Morgan fingerprint density at radius 3 is 2.86 bits per heavy atom. The molecule has 0 aliphatic rings. The van der Waals surface area contributed by atoms with E-state index in [4.69, 9.17) is 0 Å². The Labute approximate surface area is 91.6 Å². The summed E-state index contributed by atoms with van der Waals surface area (Å²) in [4.78, 5) is 8.30. The van der Waals surface area contributed by atoms with Crippen molar-refractivity contribution < 1.29 is 0 Å². The molecular formula is C10H12N2S2. The van der Waals surface area contributed by atoms with Crippen molar-refractivity contribution in [3.05, 3.63) is 28.1 Å². The molecule has 2 rings (SSSR count). The Morgan fingerprint density at radius 2 is 2.21 bits per heavy atom. The Kier molecular flexibility index (Phi) is 2.96. The number of thiazole rings is 1. The van der Waals surface area contributed by atoms with Gasteiger partial charge >= 0.3 is 0 Å². The fourth-order valence-corrected chi connectivity index (χ4v) is 3.08. The number of hydrogen-bond acceptors (Lipinski definition) is 4. The van der Waals surface area contributed by atoms with E-state index in [9.17, 15) is 0 Å². The van der Waals surface area contributed by atoms with Gasteiger partial charge in [0.15, 0.2) is 0 Å². The molecular weight excluding hydrogens is 212 g/mol. The summed E-state index contributed by atoms with van der Waals surface area (Å²) in [5.74, 6) is 0. The maximum absolute atomic E-state index is 4.41. The van der Waals surface area contributed by atoms with Gasteiger partial charge in [0.25, 0.3) is 0 Å². The molecule has 2 heterocycles. The molecule has 2 aromatic heterocycles. The molecule has 0 spiro atoms. The zero-order chi connectivity index (χ0) is 9.97. The second-order valence-electron chi connectivity index (χ2n) is 3.07. The first kappa shape index (κ1) is 9.83. The summed E-state index contributed by atoms with van der Waals surface area (Å²) in [5.41, 5.74) is 0. The fraction of sp³-hybridized carbons (Fsp3) is 0.300. The predicted octanol–water partition coefficient (Wildman–Crippen LogP) is 2.90. The van der Waals surface area contributed by atoms with Crippen molar-refractivity contribution in [3.63, 3.8) is 0 Å². The van der Waals surface area contributed by atoms with Crippen molar-refractivity contribution in [2.75, 3.05) is 7.05 Å². The van der Waals surface area contributed by atoms with E-state index in [1.807, 2.05) is 13.2 Å². The molecule has 0 aliphatic carbocycles. The van der Waals surface area contributed by atoms with Gasteiger partial charge in [-0.3, -0.25) is 0 Å². The largest absolute Gasteiger partial charge is 0.315 e. The molecule has 1 N–H and O–H groups in total. The summed E-state index contributed by atoms with van der Waals surface area (Å²) >= 11 is 3.56. The van der Waals surface area contributed by atoms with Gasteiger partial charge in [-0.05, 0) is 26.1 Å². The average molecular weight is 224 g/mol. The van der Waals surface area contributed by atoms with Crippen LogP contribution in [0.2, 0.25) is 0 Å². The van der Waals surface area contributed by atoms with Gasteiger partial charge in [-0.1, -0.05) is 0 Å². The van der Waals surface area contributed by atoms with Crippen LogP contribution in [0.15, 0.2) is 18.3 Å². The lowest BCUT2D eigenvalue weighted by Gasteiger charge is -1.90. The number of aryl methyl sites for hydroxylation is 1. The summed E-state index contributed by atoms with van der Waals surface area (Å²) in [6.07, 6.45) is 1.95. The maximum Gasteiger partial charge on any atom is 0.133 e. The maximum atomic E-state index is 4.41. The molecule has 0 atom stereocenters. The van der Waals surface area contributed by atoms with E-state index < -0.39 is 0 Å². The zero-order valence-corrected chi connectivity index (χ0v) is 9.84. The summed E-state index contributed by atoms with van der Waals surface area (Å²) in [5, 5.41) is 4.26. The van der Waals surface area contributed by atoms with Crippen LogP contribution in [0, 0.1) is 6.92 Å². The van der Waals surface area contributed by atoms with Crippen LogP contribution >= 0.6 is 22.7 Å². The Hall–Kier alpha value is -0.710. The van der Waals surface area contributed by atoms with Crippen LogP contribution in [0.3, 0.4) is 0 Å². The lowest BCUT2D eigenvalue weighted by atomic mass is 10.4. The van der Waals surface area contributed by atoms with Crippen LogP contribution in [-0.4, -0.2) is 12.0 Å². The van der Waals surface area contributed by atoms with E-state index in [0.29, 0.717) is 0 Å². The number of nitrogens with zero attached hydrogens (tertiary/aromatic N) is 1. The first-order chi connectivity index (χ1) is 6.79. The molecule has 0 saturated heterocycles. The zero-order valence-electron chi connectivity index (χ0n) is 8.20. The molecule has 0 unspecified atom stereocenters. The highest BCUT2D eigenvalue weighted by atomic mass is 32.1. The third kappa shape index (κ3) is 2.03. The molecule has 0 amide bonds. The lowest BCUT2D eigenvalue weighted by molar-refractivity contribution is 0.829. The predicted molar refractivity (Wildman–Crippen MR) is 62.9 cm³/mol. The van der Waals surface area contributed by atoms with E-state index in [-0.39, 0.29) is 0 Å². The average Bonchev–Trinajstić information content (AvgIpc) is 2.74. The van der Waals surface area contributed by atoms with E-state index >= 15 is 0 Å². The molecule has 0 fully saturated rings. The summed E-state index contributed by atoms with van der Waals surface area (Å²) in [6.45, 7) is 3.03. The number of hydrogen-bond donors (Lipinski definition) is 1. The fourth-order valence-electron chi connectivity index (χ4n) is 1.23. The van der Waals surface area contributed by atoms with Gasteiger partial charge in [-0.25, -0.2) is 4.98 Å². The smallest absolute Gasteiger partial charge is 0.133 e. The number of rotatable bonds is 3. The first-order valence-corrected chi connectivity index (χ1v) is 6.09. The van der Waals surface area contributed by atoms with Gasteiger partial charge < -0.3 is 5.32 Å². The van der Waals surface area contributed by atoms with Crippen molar-refractivity contribution in [1.29, 1.82) is 0 Å². The van der Waals surface area contributed by atoms with Gasteiger partial charge in [0, 0.05) is 22.5 Å². The van der Waals surface area contributed by atoms with Crippen molar-refractivity contribution in [2.24, 2.45) is 0 Å². The van der Waals surface area contributed by atoms with Crippen molar-refractivity contribution in [2.45, 2.75) is 13.5 Å². The van der Waals surface area contributed by atoms with Crippen LogP contribution in [0.4, 0.5) is 0 Å². The monoisotopic (exact) mass is 224 g/mol. The van der Waals surface area contributed by atoms with E-state index in [2.05, 4.69) is 29.4 Å². The SMILES string of the molecule is CNCc1cnc(-c2ccc(C)s2)s1. The van der Waals surface area contributed by atoms with Gasteiger partial charge in [-0.15, -0.1) is 22.7 Å². The highest BCUT2D eigenvalue weighted by Crippen LogP contribution is 2.30. The summed E-state index contributed by atoms with van der Waals surface area (Å²) < 4.78 is 0. The standard InChI is InChI=1S/C10H12N2S2/c1-7-3-4-9(13-7)10-12-6-8(14-10)5-11-2/h3-4,6,11H,5H2,1-2H3. The van der Waals surface area contributed by atoms with Crippen molar-refractivity contribution in [3.8, 4) is 9.88 Å². The topological polar surface area (TPSA) is 24.9 Å². The van der Waals surface area contributed by atoms with Crippen molar-refractivity contribution >= 4 is 22.7 Å². The third-order valence-corrected chi connectivity index (χ3v) is 4.02. The molecule has 2 nitrogen and oxygen atoms in total. The number of thiophene rings is 1. The minimum Gasteiger partial charge on any atom is -0.315 e. The van der Waals surface area contributed by atoms with Crippen LogP contribution < -0.4 is 5.32 Å². The normalized spacial score (nSPS) is 10.7. The van der Waals surface area contributed by atoms with Crippen molar-refractivity contribution in [1.82, 2.24) is 10.3 Å². The second-order valence-corrected chi connectivity index (χ2v) is 5.48. The van der Waals surface area contributed by atoms with Crippen LogP contribution in [0.25, 0.3) is 9.88 Å². The third-order valence-electron chi connectivity index (χ3n) is 1.86. The second kappa shape index (κ2) is 4.21. The quantitative estimate of drug-likeness (QED) is 0.867. The van der Waals surface area contributed by atoms with E-state index in [0.717, 1.165) is 11.6 Å². The number of aromatic nitrogens is 1. The van der Waals surface area contributed by atoms with Gasteiger partial charge in [0.2, 0.25) is 0 Å². The summed E-state index contributed by atoms with van der Waals surface area (Å²) in [7, 11) is 1.95. The van der Waals surface area contributed by atoms with Crippen LogP contribution in [0.1, 0.15) is 9.75 Å². The van der Waals surface area contributed by atoms with E-state index in [1.54, 1.807) is 22.7 Å². The Balaban J connectivity index is 2.24. The van der Waals surface area contributed by atoms with Crippen LogP contribution in [0.5, 0.6) is 0 Å². The molecule has 0 bridgehead atoms. The van der Waals surface area contributed by atoms with E-state index in [1.165, 1.54) is 14.6 Å². The highest BCUT2D eigenvalue weighted by Gasteiger charge is 2.05. The molecule has 74 valence electrons. The molecule has 0 aliphatic heterocycles. The molecule has 0 aromatic carbocycles. The number of nitrogens with one attached hydrogen (secondary N) is 1. The Morgan fingerprint density at radius 1 is 1.36 bits per heavy atom. The molecule has 4 heteroatoms. The lowest BCUT2D eigenvalue weighted by Crippen LogP contribution is -2.02. The molecule has 0 radical (unpaired) electrons. The minimum atomic E-state index is 0.905. The molecule has 2 aromatic rings. The summed E-state index contributed by atoms with van der Waals surface area (Å²) in [6, 6.07) is 4.28.